The van der Waals surface area contributed by atoms with Gasteiger partial charge in [-0.25, -0.2) is 4.79 Å². The number of ketones is 2. The fraction of sp³-hybridized carbons (Fsp3) is 0.385. The summed E-state index contributed by atoms with van der Waals surface area (Å²) in [6, 6.07) is 27.2. The molecule has 0 saturated carbocycles. The van der Waals surface area contributed by atoms with E-state index in [9.17, 15) is 53.5 Å². The van der Waals surface area contributed by atoms with E-state index < -0.39 is 125 Å². The Labute approximate surface area is 424 Å². The van der Waals surface area contributed by atoms with Crippen molar-refractivity contribution < 1.29 is 75.2 Å². The summed E-state index contributed by atoms with van der Waals surface area (Å²) in [5.41, 5.74) is 4.95. The average Bonchev–Trinajstić information content (AvgIpc) is 3.36. The van der Waals surface area contributed by atoms with Gasteiger partial charge in [0.2, 0.25) is 11.6 Å². The number of benzene rings is 3. The van der Waals surface area contributed by atoms with Crippen molar-refractivity contribution in [2.24, 2.45) is 17.6 Å². The van der Waals surface area contributed by atoms with Gasteiger partial charge in [-0.3, -0.25) is 14.4 Å². The van der Waals surface area contributed by atoms with Crippen LogP contribution in [0, 0.1) is 11.8 Å². The van der Waals surface area contributed by atoms with E-state index in [2.05, 4.69) is 10.6 Å². The summed E-state index contributed by atoms with van der Waals surface area (Å²) in [5.74, 6) is -3.62. The molecule has 1 heterocycles. The second kappa shape index (κ2) is 27.4. The van der Waals surface area contributed by atoms with Gasteiger partial charge in [0.1, 0.15) is 29.3 Å². The molecule has 0 saturated heterocycles. The van der Waals surface area contributed by atoms with Crippen LogP contribution in [0.4, 0.5) is 25.8 Å². The molecular weight excluding hydrogens is 971 g/mol. The van der Waals surface area contributed by atoms with Crippen molar-refractivity contribution in [1.82, 2.24) is 10.6 Å². The van der Waals surface area contributed by atoms with Crippen molar-refractivity contribution in [3.63, 3.8) is 0 Å². The van der Waals surface area contributed by atoms with Gasteiger partial charge in [0.15, 0.2) is 6.10 Å². The normalized spacial score (nSPS) is 26.6. The maximum atomic E-state index is 14.4. The third kappa shape index (κ3) is 18.3. The van der Waals surface area contributed by atoms with Gasteiger partial charge in [0.25, 0.3) is 5.91 Å². The van der Waals surface area contributed by atoms with Crippen LogP contribution in [0.5, 0.6) is 0 Å². The minimum absolute atomic E-state index is 0. The Kier molecular flexibility index (Phi) is 18.5. The molecule has 5 rings (SSSR count). The molecule has 1 aliphatic carbocycles. The fourth-order valence-corrected chi connectivity index (χ4v) is 11.8. The van der Waals surface area contributed by atoms with E-state index in [4.69, 9.17) is 22.7 Å². The second-order valence-corrected chi connectivity index (χ2v) is 21.3. The zero-order valence-electron chi connectivity index (χ0n) is 47.9. The summed E-state index contributed by atoms with van der Waals surface area (Å²) in [5, 5.41) is 18.8. The number of hydrogen-bond acceptors (Lipinski definition) is 9. The number of primary amides is 1. The molecule has 3 aromatic carbocycles. The van der Waals surface area contributed by atoms with E-state index >= 15 is 0 Å². The molecule has 0 radical (unpaired) electrons. The van der Waals surface area contributed by atoms with Crippen LogP contribution in [-0.4, -0.2) is 80.0 Å². The first-order valence-electron chi connectivity index (χ1n) is 26.0. The van der Waals surface area contributed by atoms with Crippen LogP contribution in [-0.2, 0) is 28.6 Å². The molecule has 3 aromatic rings. The summed E-state index contributed by atoms with van der Waals surface area (Å²) >= 11 is 0. The van der Waals surface area contributed by atoms with Crippen LogP contribution in [0.15, 0.2) is 149 Å². The van der Waals surface area contributed by atoms with Crippen molar-refractivity contribution in [2.75, 3.05) is 26.9 Å². The summed E-state index contributed by atoms with van der Waals surface area (Å²) < 4.78 is 140. The van der Waals surface area contributed by atoms with Crippen molar-refractivity contribution in [2.45, 2.75) is 90.4 Å². The molecule has 11 nitrogen and oxygen atoms in total. The fourth-order valence-electron chi connectivity index (χ4n) is 7.97. The van der Waals surface area contributed by atoms with Gasteiger partial charge in [0, 0.05) is 54.9 Å². The Bertz CT molecular complexity index is 2680. The number of carbonyl (C=O) groups is 4. The average molecular weight is 1040 g/mol. The predicted octanol–water partition coefficient (Wildman–Crippen LogP) is 6.87. The quantitative estimate of drug-likeness (QED) is 0.0584. The number of Topliss-reactive ketones (excluding diaryl/α,β-unsaturated/α-hetero) is 1. The summed E-state index contributed by atoms with van der Waals surface area (Å²) in [7, 11) is -8.92. The van der Waals surface area contributed by atoms with E-state index in [1.165, 1.54) is 39.4 Å². The molecule has 0 fully saturated rings. The Hall–Kier alpha value is -5.44. The number of fused-ring (bicyclic) bond motifs is 2. The molecule has 2 aliphatic rings. The minimum atomic E-state index is -8.55. The Morgan fingerprint density at radius 2 is 1.38 bits per heavy atom. The summed E-state index contributed by atoms with van der Waals surface area (Å²) in [4.78, 5) is 54.0. The number of hydrogen-bond donors (Lipinski definition) is 4. The molecule has 71 heavy (non-hydrogen) atoms. The number of aliphatic hydroxyl groups excluding tert-OH is 1. The SMILES string of the molecule is FP(F)(F)(F)F.[2H]C([2H])(CNC1=C2C[C@@H](C)C[C@H](OC)[C@H](O)[C@@H](C)/C=C(\C)[C@H](OC(N)=O)[C@@H](OC)/C=C\C=C(/C)C(=O)NC(=CC1=O)C2=O)C([2H])([2H])C([2H])([2H])C([2H])([2H])C[P+](c1ccccc1)(c1ccccc1)c1ccccc1.[F-]. The molecule has 2 amide bonds. The summed E-state index contributed by atoms with van der Waals surface area (Å²) in [6.07, 6.45) is -12.2. The molecule has 0 unspecified atom stereocenters. The van der Waals surface area contributed by atoms with Crippen LogP contribution in [0.2, 0.25) is 0 Å². The first-order valence-corrected chi connectivity index (χ1v) is 25.6. The molecule has 5 N–H and O–H groups in total. The molecule has 0 aromatic heterocycles. The Balaban J connectivity index is 0.00000221. The first-order chi connectivity index (χ1) is 36.0. The molecule has 6 atom stereocenters. The van der Waals surface area contributed by atoms with E-state index in [-0.39, 0.29) is 28.7 Å². The van der Waals surface area contributed by atoms with Gasteiger partial charge in [0.05, 0.1) is 29.8 Å². The maximum Gasteiger partial charge on any atom is 0.405 e. The molecule has 1 aliphatic heterocycles. The number of allylic oxidation sites excluding steroid dienone is 4. The molecule has 0 spiro atoms. The number of amides is 2. The van der Waals surface area contributed by atoms with E-state index in [0.717, 1.165) is 6.08 Å². The topological polar surface area (TPSA) is 166 Å². The predicted molar refractivity (Wildman–Crippen MR) is 268 cm³/mol. The number of methoxy groups -OCH3 is 2. The first kappa shape index (κ1) is 47.9. The number of nitrogens with one attached hydrogen (secondary N) is 2. The third-order valence-corrected chi connectivity index (χ3v) is 15.5. The Morgan fingerprint density at radius 3 is 1.87 bits per heavy atom. The standard InChI is InChI=1S/C52H64N3O8P.F5P.FH/c1-35-31-42-47(54-29-18-7-8-19-30-64(39-22-12-9-13-23-39,40-24-14-10-15-25-40)41-26-16-11-17-27-41)44(56)34-43(49(42)58)55-51(59)36(2)21-20-28-45(61-5)50(63-52(53)60)38(4)33-37(3)48(57)46(32-35)62-6;1-6(2,3,4)5;/h9-17,20-28,33-35,37,45-46,48,50,57H,7-8,18-19,29-32H2,1-6H3,(H3-,53,54,55,56,58,59,60);;1H/b28-20-,36-21+,38-33+;;/t35-,37+,45+,46+,48-,50+;;/m1../s1/i7D2,8D2,18D2,19D2;;. The van der Waals surface area contributed by atoms with Crippen molar-refractivity contribution >= 4 is 54.9 Å². The number of aliphatic hydroxyl groups is 1. The van der Waals surface area contributed by atoms with Gasteiger partial charge in [-0.15, -0.1) is 0 Å². The van der Waals surface area contributed by atoms with Crippen LogP contribution < -0.4 is 37.0 Å². The number of halogens is 6. The van der Waals surface area contributed by atoms with Crippen LogP contribution in [0.3, 0.4) is 0 Å². The van der Waals surface area contributed by atoms with Gasteiger partial charge < -0.3 is 40.4 Å². The van der Waals surface area contributed by atoms with Crippen molar-refractivity contribution in [3.05, 3.63) is 149 Å². The molecular formula is C52H65F6N3O8P2. The third-order valence-electron chi connectivity index (χ3n) is 11.3. The van der Waals surface area contributed by atoms with Gasteiger partial charge in [-0.2, -0.15) is 0 Å². The molecule has 388 valence electrons. The monoisotopic (exact) mass is 1040 g/mol. The minimum Gasteiger partial charge on any atom is -1.00 e. The molecule has 19 heteroatoms. The smallest absolute Gasteiger partial charge is 0.405 e. The van der Waals surface area contributed by atoms with Crippen molar-refractivity contribution in [1.29, 1.82) is 0 Å². The number of carbonyl (C=O) groups excluding carboxylic acids is 4. The van der Waals surface area contributed by atoms with E-state index in [1.807, 2.05) is 36.4 Å². The number of rotatable bonds is 14. The van der Waals surface area contributed by atoms with Gasteiger partial charge in [-0.1, -0.05) is 99.1 Å². The second-order valence-electron chi connectivity index (χ2n) is 16.5. The van der Waals surface area contributed by atoms with Gasteiger partial charge in [-0.05, 0) is 93.7 Å². The van der Waals surface area contributed by atoms with E-state index in [0.29, 0.717) is 21.5 Å². The zero-order chi connectivity index (χ0) is 58.8. The largest absolute Gasteiger partial charge is 1.00 e. The van der Waals surface area contributed by atoms with Crippen molar-refractivity contribution in [3.8, 4) is 0 Å². The van der Waals surface area contributed by atoms with Crippen LogP contribution in [0.25, 0.3) is 0 Å². The Morgan fingerprint density at radius 1 is 0.859 bits per heavy atom. The zero-order valence-corrected chi connectivity index (χ0v) is 41.7. The summed E-state index contributed by atoms with van der Waals surface area (Å²) in [6.45, 7) is 5.47. The van der Waals surface area contributed by atoms with E-state index in [1.54, 1.807) is 81.4 Å². The van der Waals surface area contributed by atoms with Gasteiger partial charge >= 0.3 is 35.2 Å². The van der Waals surface area contributed by atoms with Crippen LogP contribution in [0.1, 0.15) is 77.0 Å². The van der Waals surface area contributed by atoms with Crippen LogP contribution >= 0.6 is 15.4 Å². The number of ether oxygens (including phenoxy) is 3. The number of nitrogens with two attached hydrogens (primary N) is 1. The molecule has 2 bridgehead atoms. The maximum absolute atomic E-state index is 14.4.